The molecule has 4 heteroatoms. The highest BCUT2D eigenvalue weighted by atomic mass is 16.5. The van der Waals surface area contributed by atoms with Crippen LogP contribution in [0.5, 0.6) is 0 Å². The van der Waals surface area contributed by atoms with E-state index in [0.29, 0.717) is 17.7 Å². The number of ether oxygens (including phenoxy) is 1. The molecule has 0 radical (unpaired) electrons. The van der Waals surface area contributed by atoms with Gasteiger partial charge in [-0.15, -0.1) is 0 Å². The molecule has 152 valence electrons. The first-order valence-electron chi connectivity index (χ1n) is 10.9. The Hall–Kier alpha value is -2.10. The number of hydrogen-bond donors (Lipinski definition) is 0. The van der Waals surface area contributed by atoms with Crippen molar-refractivity contribution in [2.45, 2.75) is 71.3 Å². The highest BCUT2D eigenvalue weighted by Crippen LogP contribution is 2.29. The Kier molecular flexibility index (Phi) is 7.30. The van der Waals surface area contributed by atoms with Crippen LogP contribution in [0.25, 0.3) is 6.08 Å². The first-order chi connectivity index (χ1) is 13.6. The quantitative estimate of drug-likeness (QED) is 0.621. The zero-order valence-corrected chi connectivity index (χ0v) is 17.6. The van der Waals surface area contributed by atoms with Crippen LogP contribution in [0.3, 0.4) is 0 Å². The van der Waals surface area contributed by atoms with Gasteiger partial charge < -0.3 is 9.64 Å². The van der Waals surface area contributed by atoms with Gasteiger partial charge in [-0.05, 0) is 50.0 Å². The molecular weight excluding hydrogens is 348 g/mol. The highest BCUT2D eigenvalue weighted by molar-refractivity contribution is 6.16. The number of nitrogens with zero attached hydrogens (tertiary/aromatic N) is 2. The van der Waals surface area contributed by atoms with Gasteiger partial charge in [0.1, 0.15) is 5.92 Å². The van der Waals surface area contributed by atoms with Crippen LogP contribution in [0.1, 0.15) is 70.8 Å². The third kappa shape index (κ3) is 5.03. The van der Waals surface area contributed by atoms with Crippen LogP contribution < -0.4 is 4.90 Å². The maximum Gasteiger partial charge on any atom is 0.210 e. The van der Waals surface area contributed by atoms with Crippen molar-refractivity contribution < 1.29 is 9.53 Å². The second-order valence-corrected chi connectivity index (χ2v) is 8.01. The molecule has 1 aliphatic heterocycles. The van der Waals surface area contributed by atoms with Gasteiger partial charge >= 0.3 is 0 Å². The Morgan fingerprint density at radius 1 is 1.07 bits per heavy atom. The fourth-order valence-electron chi connectivity index (χ4n) is 4.00. The lowest BCUT2D eigenvalue weighted by atomic mass is 9.96. The summed E-state index contributed by atoms with van der Waals surface area (Å²) in [6, 6.07) is 8.54. The van der Waals surface area contributed by atoms with Gasteiger partial charge in [0.25, 0.3) is 0 Å². The van der Waals surface area contributed by atoms with E-state index in [1.807, 2.05) is 25.1 Å². The van der Waals surface area contributed by atoms with E-state index in [0.717, 1.165) is 31.4 Å². The largest absolute Gasteiger partial charge is 0.439 e. The van der Waals surface area contributed by atoms with Crippen molar-refractivity contribution in [1.82, 2.24) is 0 Å². The van der Waals surface area contributed by atoms with Gasteiger partial charge in [-0.1, -0.05) is 51.2 Å². The van der Waals surface area contributed by atoms with E-state index in [-0.39, 0.29) is 11.7 Å². The number of hydrogen-bond acceptors (Lipinski definition) is 4. The molecule has 1 saturated carbocycles. The molecule has 1 saturated heterocycles. The number of benzene rings is 1. The Balaban J connectivity index is 1.76. The van der Waals surface area contributed by atoms with Crippen LogP contribution in [-0.2, 0) is 9.53 Å². The number of aliphatic imine (C=N–C) groups is 1. The van der Waals surface area contributed by atoms with Crippen LogP contribution in [0, 0.1) is 5.92 Å². The fourth-order valence-corrected chi connectivity index (χ4v) is 4.00. The van der Waals surface area contributed by atoms with Crippen LogP contribution in [-0.4, -0.2) is 31.3 Å². The molecule has 2 fully saturated rings. The molecule has 0 spiro atoms. The number of carbonyl (C=O) groups excluding carboxylic acids is 1. The van der Waals surface area contributed by atoms with Crippen LogP contribution in [0.15, 0.2) is 35.0 Å². The average Bonchev–Trinajstić information content (AvgIpc) is 2.98. The Labute approximate surface area is 169 Å². The predicted molar refractivity (Wildman–Crippen MR) is 117 cm³/mol. The molecule has 1 aromatic rings. The molecule has 2 aliphatic rings. The number of ketones is 1. The number of rotatable bonds is 5. The van der Waals surface area contributed by atoms with Crippen LogP contribution in [0.2, 0.25) is 0 Å². The summed E-state index contributed by atoms with van der Waals surface area (Å²) < 4.78 is 6.01. The lowest BCUT2D eigenvalue weighted by Gasteiger charge is -2.17. The zero-order valence-electron chi connectivity index (χ0n) is 17.6. The summed E-state index contributed by atoms with van der Waals surface area (Å²) in [7, 11) is 2.07. The van der Waals surface area contributed by atoms with E-state index in [2.05, 4.69) is 31.0 Å². The molecule has 0 bridgehead atoms. The molecule has 3 rings (SSSR count). The summed E-state index contributed by atoms with van der Waals surface area (Å²) in [4.78, 5) is 19.9. The van der Waals surface area contributed by atoms with Crippen molar-refractivity contribution in [3.05, 3.63) is 35.6 Å². The molecular formula is C24H34N2O2. The fraction of sp³-hybridized carbons (Fsp3) is 0.583. The molecule has 1 heterocycles. The molecule has 1 aromatic carbocycles. The van der Waals surface area contributed by atoms with Crippen molar-refractivity contribution in [1.29, 1.82) is 0 Å². The Bertz CT molecular complexity index is 713. The smallest absolute Gasteiger partial charge is 0.210 e. The summed E-state index contributed by atoms with van der Waals surface area (Å²) in [5, 5.41) is 0. The van der Waals surface area contributed by atoms with Crippen molar-refractivity contribution >= 4 is 23.4 Å². The monoisotopic (exact) mass is 382 g/mol. The van der Waals surface area contributed by atoms with Crippen molar-refractivity contribution in [2.75, 3.05) is 18.5 Å². The normalized spacial score (nSPS) is 24.2. The standard InChI is InChI=1S/C24H34N2O2/c1-4-21-23(27)22(17-18-13-15-20(16-14-18)26(3)5-2)28-24(21)25-19-11-9-7-6-8-10-12-19/h13-17,19,21H,4-12H2,1-3H3/b22-17+,25-24?. The van der Waals surface area contributed by atoms with E-state index in [9.17, 15) is 4.79 Å². The highest BCUT2D eigenvalue weighted by Gasteiger charge is 2.37. The maximum atomic E-state index is 12.9. The molecule has 0 aromatic heterocycles. The van der Waals surface area contributed by atoms with Gasteiger partial charge in [0.2, 0.25) is 11.7 Å². The van der Waals surface area contributed by atoms with Crippen molar-refractivity contribution in [3.8, 4) is 0 Å². The minimum absolute atomic E-state index is 0.0712. The topological polar surface area (TPSA) is 41.9 Å². The van der Waals surface area contributed by atoms with E-state index < -0.39 is 0 Å². The molecule has 28 heavy (non-hydrogen) atoms. The first-order valence-corrected chi connectivity index (χ1v) is 10.9. The number of carbonyl (C=O) groups is 1. The summed E-state index contributed by atoms with van der Waals surface area (Å²) in [6.07, 6.45) is 11.2. The van der Waals surface area contributed by atoms with E-state index in [1.165, 1.54) is 37.8 Å². The van der Waals surface area contributed by atoms with Crippen molar-refractivity contribution in [2.24, 2.45) is 10.9 Å². The average molecular weight is 383 g/mol. The summed E-state index contributed by atoms with van der Waals surface area (Å²) in [5.74, 6) is 0.934. The first kappa shape index (κ1) is 20.6. The molecule has 4 nitrogen and oxygen atoms in total. The van der Waals surface area contributed by atoms with Gasteiger partial charge in [0, 0.05) is 19.3 Å². The molecule has 1 aliphatic carbocycles. The van der Waals surface area contributed by atoms with E-state index >= 15 is 0 Å². The Morgan fingerprint density at radius 3 is 2.32 bits per heavy atom. The minimum atomic E-state index is -0.220. The maximum absolute atomic E-state index is 12.9. The van der Waals surface area contributed by atoms with Gasteiger partial charge in [-0.3, -0.25) is 9.79 Å². The van der Waals surface area contributed by atoms with Gasteiger partial charge in [0.05, 0.1) is 6.04 Å². The number of anilines is 1. The Morgan fingerprint density at radius 2 is 1.71 bits per heavy atom. The van der Waals surface area contributed by atoms with Crippen molar-refractivity contribution in [3.63, 3.8) is 0 Å². The number of Topliss-reactive ketones (excluding diaryl/α,β-unsaturated/α-hetero) is 1. The SMILES string of the molecule is CCC1C(=O)/C(=C\c2ccc(N(C)CC)cc2)OC1=NC1CCCCCCC1. The van der Waals surface area contributed by atoms with E-state index in [1.54, 1.807) is 0 Å². The van der Waals surface area contributed by atoms with E-state index in [4.69, 9.17) is 9.73 Å². The van der Waals surface area contributed by atoms with Crippen LogP contribution >= 0.6 is 0 Å². The lowest BCUT2D eigenvalue weighted by Crippen LogP contribution is -2.18. The molecule has 1 atom stereocenters. The third-order valence-electron chi connectivity index (χ3n) is 5.97. The summed E-state index contributed by atoms with van der Waals surface area (Å²) in [6.45, 7) is 5.13. The third-order valence-corrected chi connectivity index (χ3v) is 5.97. The summed E-state index contributed by atoms with van der Waals surface area (Å²) in [5.41, 5.74) is 2.15. The second-order valence-electron chi connectivity index (χ2n) is 8.01. The van der Waals surface area contributed by atoms with Crippen LogP contribution in [0.4, 0.5) is 5.69 Å². The van der Waals surface area contributed by atoms with Gasteiger partial charge in [0.15, 0.2) is 5.76 Å². The van der Waals surface area contributed by atoms with Gasteiger partial charge in [-0.2, -0.15) is 0 Å². The van der Waals surface area contributed by atoms with Gasteiger partial charge in [-0.25, -0.2) is 0 Å². The summed E-state index contributed by atoms with van der Waals surface area (Å²) >= 11 is 0. The minimum Gasteiger partial charge on any atom is -0.439 e. The molecule has 0 amide bonds. The molecule has 1 unspecified atom stereocenters. The second kappa shape index (κ2) is 9.90. The number of allylic oxidation sites excluding steroid dienone is 1. The predicted octanol–water partition coefficient (Wildman–Crippen LogP) is 5.62. The zero-order chi connectivity index (χ0) is 19.9. The molecule has 0 N–H and O–H groups in total. The lowest BCUT2D eigenvalue weighted by molar-refractivity contribution is -0.117.